The molecule has 1 aliphatic heterocycles. The Balaban J connectivity index is 1.99. The summed E-state index contributed by atoms with van der Waals surface area (Å²) in [5.74, 6) is 1.09. The van der Waals surface area contributed by atoms with Gasteiger partial charge in [0.05, 0.1) is 14.2 Å². The molecule has 29 heavy (non-hydrogen) atoms. The fourth-order valence-corrected chi connectivity index (χ4v) is 3.90. The molecule has 1 fully saturated rings. The summed E-state index contributed by atoms with van der Waals surface area (Å²) >= 11 is 0. The summed E-state index contributed by atoms with van der Waals surface area (Å²) in [6.45, 7) is 0.737. The van der Waals surface area contributed by atoms with Crippen LogP contribution in [0.3, 0.4) is 0 Å². The summed E-state index contributed by atoms with van der Waals surface area (Å²) < 4.78 is 10.9. The maximum absolute atomic E-state index is 13.1. The molecule has 154 valence electrons. The van der Waals surface area contributed by atoms with Crippen molar-refractivity contribution in [3.63, 3.8) is 0 Å². The van der Waals surface area contributed by atoms with Gasteiger partial charge in [0, 0.05) is 24.7 Å². The third-order valence-electron chi connectivity index (χ3n) is 5.25. The molecule has 1 aliphatic rings. The first kappa shape index (κ1) is 20.7. The Morgan fingerprint density at radius 2 is 1.86 bits per heavy atom. The monoisotopic (exact) mass is 397 g/mol. The third-order valence-corrected chi connectivity index (χ3v) is 5.25. The predicted molar refractivity (Wildman–Crippen MR) is 110 cm³/mol. The molecule has 0 spiro atoms. The molecule has 0 aliphatic carbocycles. The molecule has 2 atom stereocenters. The van der Waals surface area contributed by atoms with Crippen LogP contribution in [0.4, 0.5) is 4.79 Å². The zero-order valence-electron chi connectivity index (χ0n) is 17.0. The Hall–Kier alpha value is -3.06. The summed E-state index contributed by atoms with van der Waals surface area (Å²) in [7, 11) is 4.73. The van der Waals surface area contributed by atoms with Crippen molar-refractivity contribution in [2.24, 2.45) is 0 Å². The molecule has 2 aromatic rings. The van der Waals surface area contributed by atoms with E-state index in [2.05, 4.69) is 15.5 Å². The van der Waals surface area contributed by atoms with Gasteiger partial charge in [-0.25, -0.2) is 4.79 Å². The number of amides is 3. The molecular weight excluding hydrogens is 370 g/mol. The molecule has 0 unspecified atom stereocenters. The summed E-state index contributed by atoms with van der Waals surface area (Å²) in [5, 5.41) is 4.89. The van der Waals surface area contributed by atoms with Gasteiger partial charge < -0.3 is 14.8 Å². The number of nitrogens with zero attached hydrogens (tertiary/aromatic N) is 1. The van der Waals surface area contributed by atoms with E-state index in [9.17, 15) is 9.59 Å². The van der Waals surface area contributed by atoms with Gasteiger partial charge >= 0.3 is 6.03 Å². The summed E-state index contributed by atoms with van der Waals surface area (Å²) in [6.07, 6.45) is 1.83. The fraction of sp³-hybridized carbons (Fsp3) is 0.364. The van der Waals surface area contributed by atoms with Gasteiger partial charge in [-0.3, -0.25) is 15.0 Å². The van der Waals surface area contributed by atoms with E-state index < -0.39 is 12.1 Å². The Bertz CT molecular complexity index is 856. The second kappa shape index (κ2) is 9.43. The highest BCUT2D eigenvalue weighted by atomic mass is 16.5. The van der Waals surface area contributed by atoms with Crippen LogP contribution in [0.25, 0.3) is 0 Å². The molecule has 0 saturated carbocycles. The molecule has 2 N–H and O–H groups in total. The van der Waals surface area contributed by atoms with Gasteiger partial charge in [-0.05, 0) is 31.0 Å². The SMILES string of the molecule is CNC(=O)NC(=O)[C@H](c1ccccc1)N1CCC[C@@H]1c1ccc(OC)cc1OC. The van der Waals surface area contributed by atoms with Crippen molar-refractivity contribution in [2.45, 2.75) is 24.9 Å². The number of ether oxygens (including phenoxy) is 2. The van der Waals surface area contributed by atoms with Crippen LogP contribution in [0.15, 0.2) is 48.5 Å². The Morgan fingerprint density at radius 3 is 2.52 bits per heavy atom. The van der Waals surface area contributed by atoms with E-state index in [0.29, 0.717) is 5.75 Å². The minimum absolute atomic E-state index is 0.0171. The lowest BCUT2D eigenvalue weighted by Crippen LogP contribution is -2.45. The first-order valence-electron chi connectivity index (χ1n) is 9.64. The molecule has 0 radical (unpaired) electrons. The van der Waals surface area contributed by atoms with E-state index in [4.69, 9.17) is 9.47 Å². The lowest BCUT2D eigenvalue weighted by Gasteiger charge is -2.33. The van der Waals surface area contributed by atoms with Crippen molar-refractivity contribution < 1.29 is 19.1 Å². The normalized spacial score (nSPS) is 17.4. The largest absolute Gasteiger partial charge is 0.497 e. The van der Waals surface area contributed by atoms with E-state index in [-0.39, 0.29) is 11.9 Å². The number of methoxy groups -OCH3 is 2. The second-order valence-electron chi connectivity index (χ2n) is 6.89. The molecule has 1 saturated heterocycles. The van der Waals surface area contributed by atoms with Crippen LogP contribution in [0.2, 0.25) is 0 Å². The van der Waals surface area contributed by atoms with E-state index in [0.717, 1.165) is 36.3 Å². The van der Waals surface area contributed by atoms with Crippen molar-refractivity contribution in [1.82, 2.24) is 15.5 Å². The zero-order valence-corrected chi connectivity index (χ0v) is 17.0. The number of carbonyl (C=O) groups excluding carboxylic acids is 2. The molecule has 7 nitrogen and oxygen atoms in total. The zero-order chi connectivity index (χ0) is 20.8. The van der Waals surface area contributed by atoms with Crippen LogP contribution in [-0.2, 0) is 4.79 Å². The number of carbonyl (C=O) groups is 2. The third kappa shape index (κ3) is 4.51. The van der Waals surface area contributed by atoms with Crippen molar-refractivity contribution in [2.75, 3.05) is 27.8 Å². The number of nitrogens with one attached hydrogen (secondary N) is 2. The van der Waals surface area contributed by atoms with Crippen molar-refractivity contribution in [3.8, 4) is 11.5 Å². The van der Waals surface area contributed by atoms with Gasteiger partial charge in [0.1, 0.15) is 17.5 Å². The van der Waals surface area contributed by atoms with Gasteiger partial charge in [0.15, 0.2) is 0 Å². The number of benzene rings is 2. The number of likely N-dealkylation sites (tertiary alicyclic amines) is 1. The molecule has 1 heterocycles. The number of hydrogen-bond acceptors (Lipinski definition) is 5. The Morgan fingerprint density at radius 1 is 1.10 bits per heavy atom. The first-order chi connectivity index (χ1) is 14.1. The highest BCUT2D eigenvalue weighted by Crippen LogP contribution is 2.42. The van der Waals surface area contributed by atoms with E-state index in [1.54, 1.807) is 14.2 Å². The number of urea groups is 1. The van der Waals surface area contributed by atoms with Crippen LogP contribution >= 0.6 is 0 Å². The summed E-state index contributed by atoms with van der Waals surface area (Å²) in [6, 6.07) is 14.1. The quantitative estimate of drug-likeness (QED) is 0.783. The lowest BCUT2D eigenvalue weighted by molar-refractivity contribution is -0.126. The Labute approximate surface area is 171 Å². The van der Waals surface area contributed by atoms with Gasteiger partial charge in [-0.15, -0.1) is 0 Å². The number of hydrogen-bond donors (Lipinski definition) is 2. The summed E-state index contributed by atoms with van der Waals surface area (Å²) in [5.41, 5.74) is 1.84. The number of imide groups is 1. The molecule has 0 aromatic heterocycles. The maximum Gasteiger partial charge on any atom is 0.321 e. The summed E-state index contributed by atoms with van der Waals surface area (Å²) in [4.78, 5) is 27.0. The highest BCUT2D eigenvalue weighted by Gasteiger charge is 2.38. The van der Waals surface area contributed by atoms with Crippen molar-refractivity contribution in [3.05, 3.63) is 59.7 Å². The molecular formula is C22H27N3O4. The maximum atomic E-state index is 13.1. The van der Waals surface area contributed by atoms with Crippen LogP contribution in [0.5, 0.6) is 11.5 Å². The van der Waals surface area contributed by atoms with Crippen molar-refractivity contribution >= 4 is 11.9 Å². The topological polar surface area (TPSA) is 79.9 Å². The first-order valence-corrected chi connectivity index (χ1v) is 9.64. The molecule has 3 amide bonds. The minimum Gasteiger partial charge on any atom is -0.497 e. The van der Waals surface area contributed by atoms with E-state index in [1.807, 2.05) is 48.5 Å². The highest BCUT2D eigenvalue weighted by molar-refractivity contribution is 5.97. The van der Waals surface area contributed by atoms with Gasteiger partial charge in [-0.2, -0.15) is 0 Å². The second-order valence-corrected chi connectivity index (χ2v) is 6.89. The van der Waals surface area contributed by atoms with Crippen LogP contribution in [0, 0.1) is 0 Å². The molecule has 7 heteroatoms. The van der Waals surface area contributed by atoms with Gasteiger partial charge in [-0.1, -0.05) is 36.4 Å². The average Bonchev–Trinajstić information content (AvgIpc) is 3.22. The van der Waals surface area contributed by atoms with Crippen LogP contribution < -0.4 is 20.1 Å². The van der Waals surface area contributed by atoms with Crippen molar-refractivity contribution in [1.29, 1.82) is 0 Å². The standard InChI is InChI=1S/C22H27N3O4/c1-23-22(27)24-21(26)20(15-8-5-4-6-9-15)25-13-7-10-18(25)17-12-11-16(28-2)14-19(17)29-3/h4-6,8-9,11-12,14,18,20H,7,10,13H2,1-3H3,(H2,23,24,26,27)/t18-,20+/m1/s1. The average molecular weight is 397 g/mol. The van der Waals surface area contributed by atoms with Gasteiger partial charge in [0.25, 0.3) is 0 Å². The fourth-order valence-electron chi connectivity index (χ4n) is 3.90. The van der Waals surface area contributed by atoms with Crippen LogP contribution in [-0.4, -0.2) is 44.7 Å². The minimum atomic E-state index is -0.590. The Kier molecular flexibility index (Phi) is 6.72. The van der Waals surface area contributed by atoms with Gasteiger partial charge in [0.2, 0.25) is 5.91 Å². The molecule has 2 aromatic carbocycles. The number of rotatable bonds is 6. The lowest BCUT2D eigenvalue weighted by atomic mass is 9.98. The smallest absolute Gasteiger partial charge is 0.321 e. The van der Waals surface area contributed by atoms with E-state index in [1.165, 1.54) is 7.05 Å². The molecule has 0 bridgehead atoms. The van der Waals surface area contributed by atoms with E-state index >= 15 is 0 Å². The molecule has 3 rings (SSSR count). The predicted octanol–water partition coefficient (Wildman–Crippen LogP) is 3.04. The van der Waals surface area contributed by atoms with Crippen LogP contribution in [0.1, 0.15) is 36.1 Å².